The molecule has 0 saturated heterocycles. The normalized spacial score (nSPS) is 10.9. The van der Waals surface area contributed by atoms with Gasteiger partial charge >= 0.3 is 0 Å². The zero-order valence-corrected chi connectivity index (χ0v) is 12.0. The van der Waals surface area contributed by atoms with Crippen LogP contribution in [0.4, 0.5) is 10.8 Å². The summed E-state index contributed by atoms with van der Waals surface area (Å²) in [6, 6.07) is 9.90. The van der Waals surface area contributed by atoms with Gasteiger partial charge in [0.2, 0.25) is 0 Å². The Morgan fingerprint density at radius 2 is 1.80 bits per heavy atom. The van der Waals surface area contributed by atoms with Crippen LogP contribution in [-0.4, -0.2) is 46.4 Å². The highest BCUT2D eigenvalue weighted by Crippen LogP contribution is 2.21. The average molecular weight is 293 g/mol. The summed E-state index contributed by atoms with van der Waals surface area (Å²) in [7, 11) is 0. The minimum atomic E-state index is 0.0826. The summed E-state index contributed by atoms with van der Waals surface area (Å²) in [6.45, 7) is 1.88. The molecule has 0 bridgehead atoms. The van der Waals surface area contributed by atoms with Crippen LogP contribution in [0.2, 0.25) is 0 Å². The van der Waals surface area contributed by atoms with Crippen LogP contribution >= 0.6 is 11.3 Å². The quantitative estimate of drug-likeness (QED) is 0.691. The fourth-order valence-corrected chi connectivity index (χ4v) is 2.59. The lowest BCUT2D eigenvalue weighted by Gasteiger charge is -2.18. The predicted molar refractivity (Wildman–Crippen MR) is 81.3 cm³/mol. The number of hydrogen-bond acceptors (Lipinski definition) is 6. The van der Waals surface area contributed by atoms with E-state index in [4.69, 9.17) is 10.2 Å². The number of benzene rings is 1. The second-order valence-electron chi connectivity index (χ2n) is 4.36. The highest BCUT2D eigenvalue weighted by molar-refractivity contribution is 7.13. The van der Waals surface area contributed by atoms with E-state index < -0.39 is 0 Å². The summed E-state index contributed by atoms with van der Waals surface area (Å²) in [5.74, 6) is 0. The molecule has 0 aliphatic carbocycles. The molecular weight excluding hydrogens is 274 g/mol. The summed E-state index contributed by atoms with van der Waals surface area (Å²) in [4.78, 5) is 6.49. The number of para-hydroxylation sites is 1. The van der Waals surface area contributed by atoms with Crippen molar-refractivity contribution in [3.05, 3.63) is 41.4 Å². The molecule has 0 spiro atoms. The van der Waals surface area contributed by atoms with Crippen LogP contribution in [0.1, 0.15) is 5.69 Å². The number of aromatic nitrogens is 1. The zero-order chi connectivity index (χ0) is 14.2. The molecule has 2 rings (SSSR count). The molecule has 3 N–H and O–H groups in total. The Bertz CT molecular complexity index is 498. The van der Waals surface area contributed by atoms with Gasteiger partial charge in [-0.05, 0) is 12.1 Å². The number of anilines is 2. The maximum absolute atomic E-state index is 8.99. The van der Waals surface area contributed by atoms with Gasteiger partial charge in [-0.15, -0.1) is 11.3 Å². The van der Waals surface area contributed by atoms with Crippen LogP contribution < -0.4 is 5.32 Å². The maximum atomic E-state index is 8.99. The molecule has 1 aromatic carbocycles. The van der Waals surface area contributed by atoms with E-state index in [1.807, 2.05) is 40.6 Å². The zero-order valence-electron chi connectivity index (χ0n) is 11.2. The van der Waals surface area contributed by atoms with Crippen LogP contribution in [0.5, 0.6) is 0 Å². The summed E-state index contributed by atoms with van der Waals surface area (Å²) in [5.41, 5.74) is 1.95. The summed E-state index contributed by atoms with van der Waals surface area (Å²) >= 11 is 1.55. The highest BCUT2D eigenvalue weighted by Gasteiger charge is 2.08. The van der Waals surface area contributed by atoms with Crippen molar-refractivity contribution in [3.8, 4) is 0 Å². The monoisotopic (exact) mass is 293 g/mol. The van der Waals surface area contributed by atoms with Gasteiger partial charge in [-0.3, -0.25) is 4.90 Å². The van der Waals surface area contributed by atoms with Gasteiger partial charge in [-0.1, -0.05) is 18.2 Å². The fraction of sp³-hybridized carbons (Fsp3) is 0.357. The number of thiazole rings is 1. The molecule has 2 aromatic rings. The van der Waals surface area contributed by atoms with Crippen molar-refractivity contribution in [1.82, 2.24) is 9.88 Å². The number of nitrogens with zero attached hydrogens (tertiary/aromatic N) is 2. The van der Waals surface area contributed by atoms with Crippen LogP contribution in [0.25, 0.3) is 0 Å². The highest BCUT2D eigenvalue weighted by atomic mass is 32.1. The van der Waals surface area contributed by atoms with Crippen LogP contribution in [0.3, 0.4) is 0 Å². The molecule has 0 aliphatic heterocycles. The van der Waals surface area contributed by atoms with E-state index >= 15 is 0 Å². The molecule has 0 unspecified atom stereocenters. The Hall–Kier alpha value is -1.47. The first-order valence-corrected chi connectivity index (χ1v) is 7.40. The SMILES string of the molecule is OCCN(CCO)Cc1csc(Nc2ccccc2)n1. The number of aliphatic hydroxyl groups excluding tert-OH is 2. The Balaban J connectivity index is 1.94. The Labute approximate surface area is 122 Å². The number of rotatable bonds is 8. The van der Waals surface area contributed by atoms with Crippen molar-refractivity contribution in [1.29, 1.82) is 0 Å². The first kappa shape index (κ1) is 14.9. The van der Waals surface area contributed by atoms with E-state index in [9.17, 15) is 0 Å². The molecule has 1 heterocycles. The minimum Gasteiger partial charge on any atom is -0.395 e. The van der Waals surface area contributed by atoms with E-state index in [1.165, 1.54) is 0 Å². The Morgan fingerprint density at radius 1 is 1.10 bits per heavy atom. The topological polar surface area (TPSA) is 68.6 Å². The van der Waals surface area contributed by atoms with Gasteiger partial charge in [0.05, 0.1) is 18.9 Å². The third kappa shape index (κ3) is 4.57. The number of hydrogen-bond donors (Lipinski definition) is 3. The minimum absolute atomic E-state index is 0.0826. The molecule has 0 saturated carbocycles. The van der Waals surface area contributed by atoms with Crippen molar-refractivity contribution in [2.24, 2.45) is 0 Å². The lowest BCUT2D eigenvalue weighted by atomic mass is 10.3. The van der Waals surface area contributed by atoms with Gasteiger partial charge in [-0.25, -0.2) is 4.98 Å². The second kappa shape index (κ2) is 7.96. The average Bonchev–Trinajstić information content (AvgIpc) is 2.88. The molecule has 6 heteroatoms. The number of aliphatic hydroxyl groups is 2. The molecule has 5 nitrogen and oxygen atoms in total. The molecule has 0 aliphatic rings. The van der Waals surface area contributed by atoms with Gasteiger partial charge in [0, 0.05) is 30.7 Å². The van der Waals surface area contributed by atoms with Crippen LogP contribution in [-0.2, 0) is 6.54 Å². The first-order valence-electron chi connectivity index (χ1n) is 6.52. The Morgan fingerprint density at radius 3 is 2.45 bits per heavy atom. The van der Waals surface area contributed by atoms with Crippen LogP contribution in [0, 0.1) is 0 Å². The Kier molecular flexibility index (Phi) is 5.94. The molecule has 1 aromatic heterocycles. The fourth-order valence-electron chi connectivity index (χ4n) is 1.86. The van der Waals surface area contributed by atoms with Crippen molar-refractivity contribution in [3.63, 3.8) is 0 Å². The molecule has 0 radical (unpaired) electrons. The standard InChI is InChI=1S/C14H19N3O2S/c18-8-6-17(7-9-19)10-13-11-20-14(16-13)15-12-4-2-1-3-5-12/h1-5,11,18-19H,6-10H2,(H,15,16). The van der Waals surface area contributed by atoms with Gasteiger partial charge in [0.15, 0.2) is 5.13 Å². The third-order valence-electron chi connectivity index (χ3n) is 2.79. The molecule has 0 atom stereocenters. The first-order chi connectivity index (χ1) is 9.81. The molecule has 20 heavy (non-hydrogen) atoms. The van der Waals surface area contributed by atoms with E-state index in [0.717, 1.165) is 16.5 Å². The number of nitrogens with one attached hydrogen (secondary N) is 1. The third-order valence-corrected chi connectivity index (χ3v) is 3.60. The van der Waals surface area contributed by atoms with E-state index in [2.05, 4.69) is 10.3 Å². The molecule has 108 valence electrons. The lowest BCUT2D eigenvalue weighted by molar-refractivity contribution is 0.155. The molecule has 0 fully saturated rings. The van der Waals surface area contributed by atoms with Gasteiger partial charge in [0.1, 0.15) is 0 Å². The summed E-state index contributed by atoms with van der Waals surface area (Å²) in [6.07, 6.45) is 0. The van der Waals surface area contributed by atoms with Crippen LogP contribution in [0.15, 0.2) is 35.7 Å². The van der Waals surface area contributed by atoms with Crippen molar-refractivity contribution in [2.45, 2.75) is 6.54 Å². The van der Waals surface area contributed by atoms with E-state index in [1.54, 1.807) is 11.3 Å². The largest absolute Gasteiger partial charge is 0.395 e. The molecule has 0 amide bonds. The van der Waals surface area contributed by atoms with E-state index in [-0.39, 0.29) is 13.2 Å². The molecular formula is C14H19N3O2S. The van der Waals surface area contributed by atoms with Gasteiger partial charge in [-0.2, -0.15) is 0 Å². The van der Waals surface area contributed by atoms with Crippen molar-refractivity contribution in [2.75, 3.05) is 31.6 Å². The predicted octanol–water partition coefficient (Wildman–Crippen LogP) is 1.67. The van der Waals surface area contributed by atoms with Crippen molar-refractivity contribution >= 4 is 22.2 Å². The second-order valence-corrected chi connectivity index (χ2v) is 5.22. The smallest absolute Gasteiger partial charge is 0.187 e. The van der Waals surface area contributed by atoms with E-state index in [0.29, 0.717) is 19.6 Å². The lowest BCUT2D eigenvalue weighted by Crippen LogP contribution is -2.29. The summed E-state index contributed by atoms with van der Waals surface area (Å²) < 4.78 is 0. The van der Waals surface area contributed by atoms with Gasteiger partial charge < -0.3 is 15.5 Å². The van der Waals surface area contributed by atoms with Crippen molar-refractivity contribution < 1.29 is 10.2 Å². The summed E-state index contributed by atoms with van der Waals surface area (Å²) in [5, 5.41) is 24.1. The maximum Gasteiger partial charge on any atom is 0.187 e. The van der Waals surface area contributed by atoms with Gasteiger partial charge in [0.25, 0.3) is 0 Å².